The van der Waals surface area contributed by atoms with Crippen LogP contribution in [0.1, 0.15) is 35.5 Å². The van der Waals surface area contributed by atoms with Crippen LogP contribution < -0.4 is 0 Å². The largest absolute Gasteiger partial charge is 0.462 e. The van der Waals surface area contributed by atoms with Crippen molar-refractivity contribution in [2.24, 2.45) is 10.9 Å². The summed E-state index contributed by atoms with van der Waals surface area (Å²) < 4.78 is 15.4. The molecule has 0 spiro atoms. The maximum absolute atomic E-state index is 11.9. The number of rotatable bonds is 5. The number of esters is 2. The van der Waals surface area contributed by atoms with Crippen LogP contribution in [0.3, 0.4) is 0 Å². The van der Waals surface area contributed by atoms with Gasteiger partial charge >= 0.3 is 11.9 Å². The van der Waals surface area contributed by atoms with Crippen molar-refractivity contribution in [3.8, 4) is 0 Å². The monoisotopic (exact) mass is 339 g/mol. The number of hydrogen-bond acceptors (Lipinski definition) is 6. The molecule has 128 valence electrons. The van der Waals surface area contributed by atoms with Crippen LogP contribution in [0.2, 0.25) is 0 Å². The standard InChI is InChI=1S/C19H17NO5/c1-12(2)11-24-18(21)14-7-5-13(6-8-14)10-15-19(22)25-17(20-15)16-4-3-9-23-16/h3-10,12H,11H2,1-2H3/b15-10-. The van der Waals surface area contributed by atoms with Gasteiger partial charge in [0.1, 0.15) is 0 Å². The van der Waals surface area contributed by atoms with Gasteiger partial charge in [-0.2, -0.15) is 0 Å². The molecule has 0 radical (unpaired) electrons. The molecule has 0 fully saturated rings. The Bertz CT molecular complexity index is 829. The molecule has 0 aliphatic carbocycles. The SMILES string of the molecule is CC(C)COC(=O)c1ccc(/C=C2\N=C(c3ccco3)OC2=O)cc1. The van der Waals surface area contributed by atoms with Crippen LogP contribution in [0.25, 0.3) is 6.08 Å². The molecule has 2 aromatic rings. The lowest BCUT2D eigenvalue weighted by molar-refractivity contribution is -0.130. The Morgan fingerprint density at radius 3 is 2.64 bits per heavy atom. The molecule has 0 bridgehead atoms. The van der Waals surface area contributed by atoms with Gasteiger partial charge in [0.15, 0.2) is 11.5 Å². The molecule has 1 aromatic heterocycles. The first-order valence-electron chi connectivity index (χ1n) is 7.86. The normalized spacial score (nSPS) is 15.4. The Morgan fingerprint density at radius 1 is 1.24 bits per heavy atom. The van der Waals surface area contributed by atoms with Gasteiger partial charge in [-0.3, -0.25) is 0 Å². The van der Waals surface area contributed by atoms with Gasteiger partial charge < -0.3 is 13.9 Å². The minimum atomic E-state index is -0.549. The van der Waals surface area contributed by atoms with Crippen molar-refractivity contribution in [3.05, 3.63) is 65.2 Å². The van der Waals surface area contributed by atoms with Crippen LogP contribution in [0.5, 0.6) is 0 Å². The van der Waals surface area contributed by atoms with Crippen LogP contribution in [-0.2, 0) is 14.3 Å². The van der Waals surface area contributed by atoms with Crippen molar-refractivity contribution in [3.63, 3.8) is 0 Å². The smallest absolute Gasteiger partial charge is 0.363 e. The molecule has 0 unspecified atom stereocenters. The first kappa shape index (κ1) is 16.7. The third kappa shape index (κ3) is 4.03. The van der Waals surface area contributed by atoms with E-state index in [0.717, 1.165) is 5.56 Å². The Kier molecular flexibility index (Phi) is 4.79. The second-order valence-electron chi connectivity index (χ2n) is 5.93. The predicted molar refractivity (Wildman–Crippen MR) is 90.9 cm³/mol. The number of benzene rings is 1. The van der Waals surface area contributed by atoms with Gasteiger partial charge in [0.2, 0.25) is 0 Å². The summed E-state index contributed by atoms with van der Waals surface area (Å²) in [5, 5.41) is 0. The molecule has 0 saturated carbocycles. The molecule has 25 heavy (non-hydrogen) atoms. The van der Waals surface area contributed by atoms with Gasteiger partial charge in [0.25, 0.3) is 5.90 Å². The van der Waals surface area contributed by atoms with E-state index in [1.807, 2.05) is 13.8 Å². The van der Waals surface area contributed by atoms with Gasteiger partial charge in [-0.05, 0) is 41.8 Å². The highest BCUT2D eigenvalue weighted by atomic mass is 16.6. The summed E-state index contributed by atoms with van der Waals surface area (Å²) in [5.41, 5.74) is 1.34. The highest BCUT2D eigenvalue weighted by Crippen LogP contribution is 2.19. The van der Waals surface area contributed by atoms with Crippen molar-refractivity contribution in [2.75, 3.05) is 6.61 Å². The molecule has 0 amide bonds. The van der Waals surface area contributed by atoms with E-state index < -0.39 is 5.97 Å². The van der Waals surface area contributed by atoms with Gasteiger partial charge in [0, 0.05) is 0 Å². The summed E-state index contributed by atoms with van der Waals surface area (Å²) in [6.45, 7) is 4.32. The second-order valence-corrected chi connectivity index (χ2v) is 5.93. The van der Waals surface area contributed by atoms with Gasteiger partial charge in [-0.1, -0.05) is 26.0 Å². The lowest BCUT2D eigenvalue weighted by Crippen LogP contribution is -2.10. The number of ether oxygens (including phenoxy) is 2. The third-order valence-corrected chi connectivity index (χ3v) is 3.35. The molecule has 6 heteroatoms. The van der Waals surface area contributed by atoms with Crippen LogP contribution in [0, 0.1) is 5.92 Å². The third-order valence-electron chi connectivity index (χ3n) is 3.35. The second kappa shape index (κ2) is 7.17. The lowest BCUT2D eigenvalue weighted by Gasteiger charge is -2.07. The van der Waals surface area contributed by atoms with E-state index in [1.54, 1.807) is 42.5 Å². The van der Waals surface area contributed by atoms with Gasteiger partial charge in [-0.15, -0.1) is 0 Å². The summed E-state index contributed by atoms with van der Waals surface area (Å²) in [5.74, 6) is -0.115. The van der Waals surface area contributed by atoms with Crippen LogP contribution >= 0.6 is 0 Å². The van der Waals surface area contributed by atoms with E-state index in [2.05, 4.69) is 4.99 Å². The van der Waals surface area contributed by atoms with E-state index in [1.165, 1.54) is 6.26 Å². The fraction of sp³-hybridized carbons (Fsp3) is 0.211. The molecule has 1 aliphatic heterocycles. The number of hydrogen-bond donors (Lipinski definition) is 0. The zero-order valence-electron chi connectivity index (χ0n) is 13.9. The first-order chi connectivity index (χ1) is 12.0. The fourth-order valence-corrected chi connectivity index (χ4v) is 2.11. The van der Waals surface area contributed by atoms with Crippen molar-refractivity contribution < 1.29 is 23.5 Å². The quantitative estimate of drug-likeness (QED) is 0.616. The van der Waals surface area contributed by atoms with E-state index in [4.69, 9.17) is 13.9 Å². The number of cyclic esters (lactones) is 1. The summed E-state index contributed by atoms with van der Waals surface area (Å²) >= 11 is 0. The minimum Gasteiger partial charge on any atom is -0.462 e. The molecule has 1 aromatic carbocycles. The van der Waals surface area contributed by atoms with Crippen molar-refractivity contribution in [1.29, 1.82) is 0 Å². The number of carbonyl (C=O) groups is 2. The van der Waals surface area contributed by atoms with Crippen LogP contribution in [-0.4, -0.2) is 24.4 Å². The Hall–Kier alpha value is -3.15. The summed E-state index contributed by atoms with van der Waals surface area (Å²) in [7, 11) is 0. The maximum Gasteiger partial charge on any atom is 0.363 e. The number of furan rings is 1. The Morgan fingerprint density at radius 2 is 2.00 bits per heavy atom. The highest BCUT2D eigenvalue weighted by molar-refractivity contribution is 6.11. The summed E-state index contributed by atoms with van der Waals surface area (Å²) in [4.78, 5) is 27.9. The summed E-state index contributed by atoms with van der Waals surface area (Å²) in [6.07, 6.45) is 3.06. The molecule has 6 nitrogen and oxygen atoms in total. The molecular formula is C19H17NO5. The average Bonchev–Trinajstić information content (AvgIpc) is 3.24. The minimum absolute atomic E-state index is 0.134. The predicted octanol–water partition coefficient (Wildman–Crippen LogP) is 3.44. The molecular weight excluding hydrogens is 322 g/mol. The number of carbonyl (C=O) groups excluding carboxylic acids is 2. The van der Waals surface area contributed by atoms with Crippen LogP contribution in [0.4, 0.5) is 0 Å². The summed E-state index contributed by atoms with van der Waals surface area (Å²) in [6, 6.07) is 10.1. The van der Waals surface area contributed by atoms with Crippen molar-refractivity contribution in [2.45, 2.75) is 13.8 Å². The number of nitrogens with zero attached hydrogens (tertiary/aromatic N) is 1. The average molecular weight is 339 g/mol. The van der Waals surface area contributed by atoms with Crippen molar-refractivity contribution >= 4 is 23.9 Å². The first-order valence-corrected chi connectivity index (χ1v) is 7.86. The van der Waals surface area contributed by atoms with Crippen LogP contribution in [0.15, 0.2) is 57.8 Å². The maximum atomic E-state index is 11.9. The molecule has 3 rings (SSSR count). The molecule has 0 atom stereocenters. The molecule has 1 aliphatic rings. The Balaban J connectivity index is 1.73. The zero-order chi connectivity index (χ0) is 17.8. The van der Waals surface area contributed by atoms with E-state index in [-0.39, 0.29) is 23.5 Å². The molecule has 0 saturated heterocycles. The molecule has 2 heterocycles. The van der Waals surface area contributed by atoms with Gasteiger partial charge in [-0.25, -0.2) is 14.6 Å². The Labute approximate surface area is 144 Å². The zero-order valence-corrected chi connectivity index (χ0v) is 13.9. The topological polar surface area (TPSA) is 78.1 Å². The highest BCUT2D eigenvalue weighted by Gasteiger charge is 2.25. The lowest BCUT2D eigenvalue weighted by atomic mass is 10.1. The van der Waals surface area contributed by atoms with Gasteiger partial charge in [0.05, 0.1) is 18.4 Å². The number of aliphatic imine (C=N–C) groups is 1. The van der Waals surface area contributed by atoms with E-state index >= 15 is 0 Å². The fourth-order valence-electron chi connectivity index (χ4n) is 2.11. The van der Waals surface area contributed by atoms with E-state index in [9.17, 15) is 9.59 Å². The van der Waals surface area contributed by atoms with Crippen molar-refractivity contribution in [1.82, 2.24) is 0 Å². The van der Waals surface area contributed by atoms with E-state index in [0.29, 0.717) is 17.9 Å². The molecule has 0 N–H and O–H groups in total.